The molecule has 0 radical (unpaired) electrons. The molecule has 1 aliphatic carbocycles. The van der Waals surface area contributed by atoms with Crippen molar-refractivity contribution < 1.29 is 9.72 Å². The van der Waals surface area contributed by atoms with Gasteiger partial charge in [0.2, 0.25) is 0 Å². The van der Waals surface area contributed by atoms with Crippen molar-refractivity contribution >= 4 is 22.5 Å². The van der Waals surface area contributed by atoms with Crippen molar-refractivity contribution in [2.75, 3.05) is 6.54 Å². The van der Waals surface area contributed by atoms with Crippen molar-refractivity contribution in [3.8, 4) is 0 Å². The molecule has 0 N–H and O–H groups in total. The summed E-state index contributed by atoms with van der Waals surface area (Å²) in [5.74, 6) is -0.0413. The van der Waals surface area contributed by atoms with Gasteiger partial charge in [0.05, 0.1) is 11.0 Å². The standard InChI is InChI=1S/C22H21N3O3/c1-14-5-10-19-18(13-14)17-3-2-4-20-21(17)23(19)11-12-24(20)22(26)15-6-8-16(9-7-15)25(27)28/h5-10,13,20H,2-4,11-12H2,1H3/t20-/m1/s1. The molecule has 0 saturated heterocycles. The van der Waals surface area contributed by atoms with E-state index in [2.05, 4.69) is 29.7 Å². The van der Waals surface area contributed by atoms with Gasteiger partial charge in [0.25, 0.3) is 11.6 Å². The van der Waals surface area contributed by atoms with Gasteiger partial charge in [-0.1, -0.05) is 11.6 Å². The highest BCUT2D eigenvalue weighted by Crippen LogP contribution is 2.43. The highest BCUT2D eigenvalue weighted by atomic mass is 16.6. The fourth-order valence-electron chi connectivity index (χ4n) is 4.85. The highest BCUT2D eigenvalue weighted by molar-refractivity contribution is 5.95. The summed E-state index contributed by atoms with van der Waals surface area (Å²) in [6.07, 6.45) is 3.08. The lowest BCUT2D eigenvalue weighted by Crippen LogP contribution is -2.43. The first kappa shape index (κ1) is 17.0. The Labute approximate surface area is 162 Å². The maximum Gasteiger partial charge on any atom is 0.269 e. The molecule has 2 aliphatic rings. The molecule has 3 aromatic rings. The number of fused-ring (bicyclic) bond motifs is 3. The first-order chi connectivity index (χ1) is 13.5. The predicted octanol–water partition coefficient (Wildman–Crippen LogP) is 4.39. The summed E-state index contributed by atoms with van der Waals surface area (Å²) in [5, 5.41) is 12.2. The zero-order valence-corrected chi connectivity index (χ0v) is 15.7. The van der Waals surface area contributed by atoms with Crippen LogP contribution in [0.2, 0.25) is 0 Å². The Balaban J connectivity index is 1.55. The van der Waals surface area contributed by atoms with Crippen LogP contribution in [0.1, 0.15) is 46.1 Å². The van der Waals surface area contributed by atoms with Crippen LogP contribution in [0.5, 0.6) is 0 Å². The number of non-ortho nitro benzene ring substituents is 1. The van der Waals surface area contributed by atoms with Gasteiger partial charge in [-0.25, -0.2) is 0 Å². The maximum atomic E-state index is 13.2. The lowest BCUT2D eigenvalue weighted by atomic mass is 9.89. The Morgan fingerprint density at radius 2 is 1.93 bits per heavy atom. The summed E-state index contributed by atoms with van der Waals surface area (Å²) < 4.78 is 2.40. The molecule has 0 unspecified atom stereocenters. The Bertz CT molecular complexity index is 1110. The Morgan fingerprint density at radius 3 is 2.68 bits per heavy atom. The molecule has 0 fully saturated rings. The van der Waals surface area contributed by atoms with E-state index >= 15 is 0 Å². The zero-order valence-electron chi connectivity index (χ0n) is 15.7. The van der Waals surface area contributed by atoms with Crippen LogP contribution in [0.3, 0.4) is 0 Å². The van der Waals surface area contributed by atoms with Crippen LogP contribution in [0.25, 0.3) is 10.9 Å². The van der Waals surface area contributed by atoms with E-state index in [4.69, 9.17) is 0 Å². The molecule has 1 amide bonds. The van der Waals surface area contributed by atoms with Crippen molar-refractivity contribution in [2.24, 2.45) is 0 Å². The van der Waals surface area contributed by atoms with E-state index < -0.39 is 4.92 Å². The van der Waals surface area contributed by atoms with Crippen LogP contribution in [-0.4, -0.2) is 26.8 Å². The summed E-state index contributed by atoms with van der Waals surface area (Å²) in [4.78, 5) is 25.6. The molecule has 6 heteroatoms. The maximum absolute atomic E-state index is 13.2. The minimum Gasteiger partial charge on any atom is -0.341 e. The van der Waals surface area contributed by atoms with Gasteiger partial charge in [-0.3, -0.25) is 14.9 Å². The number of rotatable bonds is 2. The third-order valence-electron chi connectivity index (χ3n) is 6.11. The van der Waals surface area contributed by atoms with Gasteiger partial charge in [-0.2, -0.15) is 0 Å². The molecular formula is C22H21N3O3. The highest BCUT2D eigenvalue weighted by Gasteiger charge is 2.37. The van der Waals surface area contributed by atoms with Gasteiger partial charge in [0.15, 0.2) is 0 Å². The molecule has 1 aliphatic heterocycles. The molecule has 0 saturated carbocycles. The topological polar surface area (TPSA) is 68.4 Å². The monoisotopic (exact) mass is 375 g/mol. The fourth-order valence-corrected chi connectivity index (χ4v) is 4.85. The quantitative estimate of drug-likeness (QED) is 0.493. The van der Waals surface area contributed by atoms with Crippen LogP contribution >= 0.6 is 0 Å². The number of hydrogen-bond donors (Lipinski definition) is 0. The van der Waals surface area contributed by atoms with Crippen LogP contribution < -0.4 is 0 Å². The molecule has 28 heavy (non-hydrogen) atoms. The van der Waals surface area contributed by atoms with E-state index in [9.17, 15) is 14.9 Å². The van der Waals surface area contributed by atoms with Crippen molar-refractivity contribution in [2.45, 2.75) is 38.8 Å². The number of nitrogens with zero attached hydrogens (tertiary/aromatic N) is 3. The van der Waals surface area contributed by atoms with Gasteiger partial charge < -0.3 is 9.47 Å². The van der Waals surface area contributed by atoms with E-state index in [1.54, 1.807) is 12.1 Å². The van der Waals surface area contributed by atoms with Crippen LogP contribution in [0, 0.1) is 17.0 Å². The number of aryl methyl sites for hydroxylation is 2. The van der Waals surface area contributed by atoms with Gasteiger partial charge in [-0.05, 0) is 56.0 Å². The second-order valence-electron chi connectivity index (χ2n) is 7.75. The largest absolute Gasteiger partial charge is 0.341 e. The Morgan fingerprint density at radius 1 is 1.14 bits per heavy atom. The smallest absolute Gasteiger partial charge is 0.269 e. The van der Waals surface area contributed by atoms with E-state index in [1.165, 1.54) is 39.9 Å². The number of amides is 1. The van der Waals surface area contributed by atoms with Crippen molar-refractivity contribution in [1.82, 2.24) is 9.47 Å². The van der Waals surface area contributed by atoms with Gasteiger partial charge in [-0.15, -0.1) is 0 Å². The first-order valence-electron chi connectivity index (χ1n) is 9.71. The van der Waals surface area contributed by atoms with E-state index in [-0.39, 0.29) is 17.6 Å². The number of carbonyl (C=O) groups excluding carboxylic acids is 1. The number of aromatic nitrogens is 1. The molecule has 142 valence electrons. The van der Waals surface area contributed by atoms with Crippen LogP contribution in [0.4, 0.5) is 5.69 Å². The first-order valence-corrected chi connectivity index (χ1v) is 9.71. The zero-order chi connectivity index (χ0) is 19.4. The van der Waals surface area contributed by atoms with Crippen molar-refractivity contribution in [3.05, 3.63) is 75.0 Å². The molecule has 2 aromatic carbocycles. The molecule has 1 atom stereocenters. The third kappa shape index (κ3) is 2.44. The molecular weight excluding hydrogens is 354 g/mol. The minimum absolute atomic E-state index is 0.00522. The fraction of sp³-hybridized carbons (Fsp3) is 0.318. The Kier molecular flexibility index (Phi) is 3.75. The molecule has 2 heterocycles. The Hall–Kier alpha value is -3.15. The second kappa shape index (κ2) is 6.19. The molecule has 6 nitrogen and oxygen atoms in total. The molecule has 0 bridgehead atoms. The summed E-state index contributed by atoms with van der Waals surface area (Å²) in [6, 6.07) is 12.6. The molecule has 1 aromatic heterocycles. The average Bonchev–Trinajstić information content (AvgIpc) is 3.03. The number of benzene rings is 2. The average molecular weight is 375 g/mol. The van der Waals surface area contributed by atoms with Crippen molar-refractivity contribution in [3.63, 3.8) is 0 Å². The van der Waals surface area contributed by atoms with Gasteiger partial charge in [0.1, 0.15) is 0 Å². The second-order valence-corrected chi connectivity index (χ2v) is 7.75. The molecule has 5 rings (SSSR count). The van der Waals surface area contributed by atoms with Gasteiger partial charge in [0, 0.05) is 47.4 Å². The number of nitro groups is 1. The summed E-state index contributed by atoms with van der Waals surface area (Å²) >= 11 is 0. The van der Waals surface area contributed by atoms with E-state index in [1.807, 2.05) is 4.90 Å². The van der Waals surface area contributed by atoms with Crippen LogP contribution in [-0.2, 0) is 13.0 Å². The third-order valence-corrected chi connectivity index (χ3v) is 6.11. The predicted molar refractivity (Wildman–Crippen MR) is 106 cm³/mol. The van der Waals surface area contributed by atoms with E-state index in [0.717, 1.165) is 25.8 Å². The number of hydrogen-bond acceptors (Lipinski definition) is 3. The number of carbonyl (C=O) groups is 1. The SMILES string of the molecule is Cc1ccc2c(c1)c1c3n2CCN(C(=O)c2ccc([N+](=O)[O-])cc2)[C@@H]3CCC1. The van der Waals surface area contributed by atoms with Gasteiger partial charge >= 0.3 is 0 Å². The summed E-state index contributed by atoms with van der Waals surface area (Å²) in [5.41, 5.74) is 5.71. The lowest BCUT2D eigenvalue weighted by Gasteiger charge is -2.40. The molecule has 0 spiro atoms. The van der Waals surface area contributed by atoms with E-state index in [0.29, 0.717) is 12.1 Å². The summed E-state index contributed by atoms with van der Waals surface area (Å²) in [6.45, 7) is 3.56. The lowest BCUT2D eigenvalue weighted by molar-refractivity contribution is -0.384. The van der Waals surface area contributed by atoms with Crippen LogP contribution in [0.15, 0.2) is 42.5 Å². The van der Waals surface area contributed by atoms with Crippen molar-refractivity contribution in [1.29, 1.82) is 0 Å². The normalized spacial score (nSPS) is 18.2. The number of nitro benzene ring substituents is 1. The summed E-state index contributed by atoms with van der Waals surface area (Å²) in [7, 11) is 0. The minimum atomic E-state index is -0.441.